The molecule has 1 aliphatic rings. The van der Waals surface area contributed by atoms with Gasteiger partial charge in [-0.25, -0.2) is 4.79 Å². The topological polar surface area (TPSA) is 114 Å². The molecule has 8 nitrogen and oxygen atoms in total. The molecule has 0 saturated carbocycles. The van der Waals surface area contributed by atoms with Crippen LogP contribution in [-0.2, 0) is 9.47 Å². The molecule has 4 atom stereocenters. The Morgan fingerprint density at radius 1 is 1.50 bits per heavy atom. The zero-order valence-electron chi connectivity index (χ0n) is 10.6. The maximum absolute atomic E-state index is 11.7. The van der Waals surface area contributed by atoms with Crippen LogP contribution in [0.2, 0.25) is 0 Å². The SMILES string of the molecule is C#COC[C@H]1O[C@@H](n2cc(C)c(=O)[nH]c2=O)[C@H](O)[C@@H]1O. The largest absolute Gasteiger partial charge is 0.444 e. The lowest BCUT2D eigenvalue weighted by molar-refractivity contribution is -0.0549. The van der Waals surface area contributed by atoms with Crippen molar-refractivity contribution in [3.63, 3.8) is 0 Å². The van der Waals surface area contributed by atoms with Crippen molar-refractivity contribution in [3.05, 3.63) is 32.6 Å². The van der Waals surface area contributed by atoms with Crippen LogP contribution in [-0.4, -0.2) is 44.7 Å². The second-order valence-electron chi connectivity index (χ2n) is 4.45. The van der Waals surface area contributed by atoms with E-state index in [4.69, 9.17) is 11.2 Å². The molecular formula is C12H14N2O6. The molecule has 108 valence electrons. The first-order valence-corrected chi connectivity index (χ1v) is 5.86. The average molecular weight is 282 g/mol. The highest BCUT2D eigenvalue weighted by Crippen LogP contribution is 2.28. The molecular weight excluding hydrogens is 268 g/mol. The number of H-pyrrole nitrogens is 1. The number of nitrogens with zero attached hydrogens (tertiary/aromatic N) is 1. The van der Waals surface area contributed by atoms with E-state index in [9.17, 15) is 19.8 Å². The minimum absolute atomic E-state index is 0.123. The summed E-state index contributed by atoms with van der Waals surface area (Å²) >= 11 is 0. The molecule has 0 bridgehead atoms. The summed E-state index contributed by atoms with van der Waals surface area (Å²) in [5.74, 6) is 0. The first-order valence-electron chi connectivity index (χ1n) is 5.86. The normalized spacial score (nSPS) is 29.1. The van der Waals surface area contributed by atoms with E-state index in [0.29, 0.717) is 0 Å². The molecule has 1 saturated heterocycles. The third-order valence-electron chi connectivity index (χ3n) is 3.09. The number of nitrogens with one attached hydrogen (secondary N) is 1. The Hall–Kier alpha value is -2.08. The first kappa shape index (κ1) is 14.3. The van der Waals surface area contributed by atoms with Gasteiger partial charge in [0.2, 0.25) is 0 Å². The summed E-state index contributed by atoms with van der Waals surface area (Å²) in [7, 11) is 0. The molecule has 0 spiro atoms. The van der Waals surface area contributed by atoms with Gasteiger partial charge in [-0.3, -0.25) is 14.3 Å². The van der Waals surface area contributed by atoms with E-state index in [1.54, 1.807) is 0 Å². The molecule has 20 heavy (non-hydrogen) atoms. The number of aromatic nitrogens is 2. The zero-order valence-corrected chi connectivity index (χ0v) is 10.6. The van der Waals surface area contributed by atoms with E-state index in [1.165, 1.54) is 13.1 Å². The lowest BCUT2D eigenvalue weighted by Gasteiger charge is -2.17. The monoisotopic (exact) mass is 282 g/mol. The number of hydrogen-bond donors (Lipinski definition) is 3. The van der Waals surface area contributed by atoms with Crippen molar-refractivity contribution in [2.75, 3.05) is 6.61 Å². The predicted molar refractivity (Wildman–Crippen MR) is 66.8 cm³/mol. The predicted octanol–water partition coefficient (Wildman–Crippen LogP) is -1.93. The van der Waals surface area contributed by atoms with Crippen molar-refractivity contribution in [1.82, 2.24) is 9.55 Å². The number of aryl methyl sites for hydroxylation is 1. The molecule has 1 aromatic rings. The second kappa shape index (κ2) is 5.50. The first-order chi connectivity index (χ1) is 9.45. The van der Waals surface area contributed by atoms with Gasteiger partial charge in [0.15, 0.2) is 6.23 Å². The number of aliphatic hydroxyl groups is 2. The Kier molecular flexibility index (Phi) is 3.94. The van der Waals surface area contributed by atoms with E-state index >= 15 is 0 Å². The van der Waals surface area contributed by atoms with Crippen LogP contribution in [0.15, 0.2) is 15.8 Å². The third-order valence-corrected chi connectivity index (χ3v) is 3.09. The number of aliphatic hydroxyl groups excluding tert-OH is 2. The summed E-state index contributed by atoms with van der Waals surface area (Å²) in [4.78, 5) is 25.1. The van der Waals surface area contributed by atoms with Gasteiger partial charge in [-0.2, -0.15) is 0 Å². The molecule has 3 N–H and O–H groups in total. The molecule has 1 fully saturated rings. The van der Waals surface area contributed by atoms with E-state index in [2.05, 4.69) is 9.72 Å². The zero-order chi connectivity index (χ0) is 14.9. The van der Waals surface area contributed by atoms with Crippen LogP contribution < -0.4 is 11.2 Å². The molecule has 1 aliphatic heterocycles. The molecule has 0 unspecified atom stereocenters. The number of hydrogen-bond acceptors (Lipinski definition) is 6. The van der Waals surface area contributed by atoms with Crippen LogP contribution in [0.4, 0.5) is 0 Å². The summed E-state index contributed by atoms with van der Waals surface area (Å²) in [6, 6.07) is 0. The fourth-order valence-electron chi connectivity index (χ4n) is 2.00. The average Bonchev–Trinajstić information content (AvgIpc) is 2.68. The van der Waals surface area contributed by atoms with Crippen molar-refractivity contribution in [3.8, 4) is 12.5 Å². The fraction of sp³-hybridized carbons (Fsp3) is 0.500. The standard InChI is InChI=1S/C12H14N2O6/c1-3-19-5-7-8(15)9(16)11(20-7)14-4-6(2)10(17)13-12(14)18/h1,4,7-9,11,15-16H,5H2,2H3,(H,13,17,18)/t7-,8-,9-,11-/m1/s1. The van der Waals surface area contributed by atoms with E-state index in [0.717, 1.165) is 4.57 Å². The summed E-state index contributed by atoms with van der Waals surface area (Å²) in [5, 5.41) is 19.8. The van der Waals surface area contributed by atoms with Crippen molar-refractivity contribution < 1.29 is 19.7 Å². The van der Waals surface area contributed by atoms with Crippen molar-refractivity contribution in [2.24, 2.45) is 0 Å². The van der Waals surface area contributed by atoms with Crippen LogP contribution in [0, 0.1) is 19.5 Å². The fourth-order valence-corrected chi connectivity index (χ4v) is 2.00. The molecule has 2 heterocycles. The summed E-state index contributed by atoms with van der Waals surface area (Å²) in [5.41, 5.74) is -0.986. The lowest BCUT2D eigenvalue weighted by Crippen LogP contribution is -2.38. The van der Waals surface area contributed by atoms with Crippen LogP contribution in [0.1, 0.15) is 11.8 Å². The van der Waals surface area contributed by atoms with Gasteiger partial charge in [0.25, 0.3) is 5.56 Å². The number of aromatic amines is 1. The Labute approximate surface area is 113 Å². The molecule has 1 aromatic heterocycles. The second-order valence-corrected chi connectivity index (χ2v) is 4.45. The van der Waals surface area contributed by atoms with Crippen LogP contribution >= 0.6 is 0 Å². The lowest BCUT2D eigenvalue weighted by atomic mass is 10.1. The molecule has 0 radical (unpaired) electrons. The van der Waals surface area contributed by atoms with Gasteiger partial charge < -0.3 is 19.7 Å². The van der Waals surface area contributed by atoms with E-state index in [-0.39, 0.29) is 12.2 Å². The highest BCUT2D eigenvalue weighted by Gasteiger charge is 2.44. The van der Waals surface area contributed by atoms with Crippen LogP contribution in [0.25, 0.3) is 0 Å². The molecule has 0 aliphatic carbocycles. The Morgan fingerprint density at radius 3 is 2.85 bits per heavy atom. The Balaban J connectivity index is 2.30. The molecule has 2 rings (SSSR count). The van der Waals surface area contributed by atoms with Crippen LogP contribution in [0.5, 0.6) is 0 Å². The van der Waals surface area contributed by atoms with Gasteiger partial charge in [-0.1, -0.05) is 6.42 Å². The highest BCUT2D eigenvalue weighted by atomic mass is 16.6. The third kappa shape index (κ3) is 2.46. The van der Waals surface area contributed by atoms with Crippen LogP contribution in [0.3, 0.4) is 0 Å². The molecule has 0 amide bonds. The van der Waals surface area contributed by atoms with E-state index < -0.39 is 35.8 Å². The number of ether oxygens (including phenoxy) is 2. The maximum atomic E-state index is 11.7. The minimum Gasteiger partial charge on any atom is -0.444 e. The summed E-state index contributed by atoms with van der Waals surface area (Å²) < 4.78 is 11.1. The van der Waals surface area contributed by atoms with E-state index in [1.807, 2.05) is 6.11 Å². The minimum atomic E-state index is -1.34. The summed E-state index contributed by atoms with van der Waals surface area (Å²) in [6.45, 7) is 1.38. The van der Waals surface area contributed by atoms with Crippen molar-refractivity contribution in [1.29, 1.82) is 0 Å². The smallest absolute Gasteiger partial charge is 0.330 e. The van der Waals surface area contributed by atoms with Gasteiger partial charge in [0.05, 0.1) is 0 Å². The van der Waals surface area contributed by atoms with Gasteiger partial charge in [0, 0.05) is 11.8 Å². The quantitative estimate of drug-likeness (QED) is 0.556. The summed E-state index contributed by atoms with van der Waals surface area (Å²) in [6.07, 6.45) is 3.51. The number of terminal acetylenes is 1. The maximum Gasteiger partial charge on any atom is 0.330 e. The van der Waals surface area contributed by atoms with Crippen molar-refractivity contribution >= 4 is 0 Å². The van der Waals surface area contributed by atoms with Gasteiger partial charge >= 0.3 is 5.69 Å². The van der Waals surface area contributed by atoms with Gasteiger partial charge in [0.1, 0.15) is 31.0 Å². The van der Waals surface area contributed by atoms with Crippen molar-refractivity contribution in [2.45, 2.75) is 31.5 Å². The Bertz CT molecular complexity index is 643. The van der Waals surface area contributed by atoms with Gasteiger partial charge in [-0.05, 0) is 6.92 Å². The molecule has 0 aromatic carbocycles. The van der Waals surface area contributed by atoms with Gasteiger partial charge in [-0.15, -0.1) is 0 Å². The Morgan fingerprint density at radius 2 is 2.20 bits per heavy atom. The highest BCUT2D eigenvalue weighted by molar-refractivity contribution is 5.03. The number of rotatable bonds is 3. The molecule has 8 heteroatoms.